The van der Waals surface area contributed by atoms with E-state index in [0.717, 1.165) is 12.1 Å². The van der Waals surface area contributed by atoms with Crippen LogP contribution in [0.3, 0.4) is 0 Å². The van der Waals surface area contributed by atoms with E-state index in [9.17, 15) is 14.2 Å². The van der Waals surface area contributed by atoms with Crippen molar-refractivity contribution in [2.45, 2.75) is 6.42 Å². The van der Waals surface area contributed by atoms with Crippen LogP contribution >= 0.6 is 15.5 Å². The van der Waals surface area contributed by atoms with Gasteiger partial charge in [-0.15, -0.1) is 4.44 Å². The summed E-state index contributed by atoms with van der Waals surface area (Å²) >= 11 is 0. The van der Waals surface area contributed by atoms with Crippen molar-refractivity contribution in [2.75, 3.05) is 6.54 Å². The molecule has 19 heavy (non-hydrogen) atoms. The molecule has 0 heterocycles. The third kappa shape index (κ3) is 4.59. The Balaban J connectivity index is 2.86. The molecular formula is C8H13NO8P2. The molecule has 1 aromatic carbocycles. The fraction of sp³-hybridized carbons (Fsp3) is 0.250. The van der Waals surface area contributed by atoms with E-state index in [2.05, 4.69) is 0 Å². The third-order valence-corrected chi connectivity index (χ3v) is 5.24. The van der Waals surface area contributed by atoms with Gasteiger partial charge in [-0.3, -0.25) is 0 Å². The maximum Gasteiger partial charge on any atom is 0.412 e. The van der Waals surface area contributed by atoms with Gasteiger partial charge < -0.3 is 29.8 Å². The smallest absolute Gasteiger partial charge is 0.412 e. The number of rotatable bonds is 5. The molecule has 0 amide bonds. The zero-order valence-electron chi connectivity index (χ0n) is 9.49. The molecular weight excluding hydrogens is 300 g/mol. The van der Waals surface area contributed by atoms with Gasteiger partial charge in [0.15, 0.2) is 11.5 Å². The minimum absolute atomic E-state index is 0.135. The quantitative estimate of drug-likeness (QED) is 0.328. The van der Waals surface area contributed by atoms with Crippen LogP contribution in [-0.2, 0) is 15.6 Å². The zero-order chi connectivity index (χ0) is 14.8. The van der Waals surface area contributed by atoms with Gasteiger partial charge in [-0.1, -0.05) is 6.07 Å². The molecule has 0 unspecified atom stereocenters. The van der Waals surface area contributed by atoms with E-state index in [1.54, 1.807) is 0 Å². The first-order valence-electron chi connectivity index (χ1n) is 4.92. The number of aromatic hydroxyl groups is 2. The van der Waals surface area contributed by atoms with E-state index in [-0.39, 0.29) is 16.6 Å². The van der Waals surface area contributed by atoms with Gasteiger partial charge >= 0.3 is 15.5 Å². The van der Waals surface area contributed by atoms with Crippen molar-refractivity contribution in [2.24, 2.45) is 0 Å². The predicted molar refractivity (Wildman–Crippen MR) is 64.3 cm³/mol. The lowest BCUT2D eigenvalue weighted by molar-refractivity contribution is 0.270. The largest absolute Gasteiger partial charge is 0.504 e. The van der Waals surface area contributed by atoms with Gasteiger partial charge in [-0.05, 0) is 24.1 Å². The van der Waals surface area contributed by atoms with Gasteiger partial charge in [0.25, 0.3) is 0 Å². The molecule has 0 saturated carbocycles. The molecule has 11 heteroatoms. The van der Waals surface area contributed by atoms with Crippen molar-refractivity contribution in [1.82, 2.24) is 4.44 Å². The van der Waals surface area contributed by atoms with Gasteiger partial charge in [0, 0.05) is 6.54 Å². The molecule has 0 aliphatic heterocycles. The summed E-state index contributed by atoms with van der Waals surface area (Å²) in [4.78, 5) is 35.4. The Morgan fingerprint density at radius 2 is 1.47 bits per heavy atom. The second kappa shape index (κ2) is 5.60. The van der Waals surface area contributed by atoms with E-state index in [0.29, 0.717) is 5.56 Å². The molecule has 108 valence electrons. The Hall–Kier alpha value is -0.920. The first-order chi connectivity index (χ1) is 8.51. The van der Waals surface area contributed by atoms with Crippen LogP contribution in [0.25, 0.3) is 0 Å². The number of phenols is 2. The SMILES string of the molecule is O=P(O)(O)N(CCc1ccc(O)c(O)c1)P(=O)(O)O. The monoisotopic (exact) mass is 313 g/mol. The van der Waals surface area contributed by atoms with Gasteiger partial charge in [-0.25, -0.2) is 9.13 Å². The summed E-state index contributed by atoms with van der Waals surface area (Å²) < 4.78 is 21.7. The molecule has 0 aliphatic rings. The van der Waals surface area contributed by atoms with Crippen LogP contribution in [0.5, 0.6) is 11.5 Å². The summed E-state index contributed by atoms with van der Waals surface area (Å²) in [6, 6.07) is 3.64. The summed E-state index contributed by atoms with van der Waals surface area (Å²) in [5.41, 5.74) is 0.349. The average molecular weight is 313 g/mol. The predicted octanol–water partition coefficient (Wildman–Crippen LogP) is 0.128. The van der Waals surface area contributed by atoms with Gasteiger partial charge in [0.05, 0.1) is 0 Å². The van der Waals surface area contributed by atoms with Crippen molar-refractivity contribution in [3.63, 3.8) is 0 Å². The standard InChI is InChI=1S/C8H13NO8P2/c10-7-2-1-6(5-8(7)11)3-4-9(18(12,13)14)19(15,16)17/h1-2,5,10-11H,3-4H2,(H2,12,13,14)(H2,15,16,17). The van der Waals surface area contributed by atoms with Gasteiger partial charge in [0.2, 0.25) is 0 Å². The number of phenolic OH excluding ortho intramolecular Hbond substituents is 2. The summed E-state index contributed by atoms with van der Waals surface area (Å²) in [5.74, 6) is -0.804. The molecule has 0 saturated heterocycles. The molecule has 0 fully saturated rings. The average Bonchev–Trinajstić information content (AvgIpc) is 2.19. The topological polar surface area (TPSA) is 159 Å². The summed E-state index contributed by atoms with van der Waals surface area (Å²) in [5, 5.41) is 18.3. The second-order valence-corrected chi connectivity index (χ2v) is 7.03. The van der Waals surface area contributed by atoms with Crippen LogP contribution in [0.1, 0.15) is 5.56 Å². The molecule has 1 rings (SSSR count). The van der Waals surface area contributed by atoms with Crippen LogP contribution in [0.15, 0.2) is 18.2 Å². The molecule has 0 aromatic heterocycles. The lowest BCUT2D eigenvalue weighted by atomic mass is 10.1. The number of benzene rings is 1. The van der Waals surface area contributed by atoms with Crippen molar-refractivity contribution in [3.05, 3.63) is 23.8 Å². The van der Waals surface area contributed by atoms with E-state index in [4.69, 9.17) is 24.7 Å². The summed E-state index contributed by atoms with van der Waals surface area (Å²) in [7, 11) is -10.2. The van der Waals surface area contributed by atoms with E-state index in [1.165, 1.54) is 6.07 Å². The Bertz CT molecular complexity index is 528. The molecule has 9 nitrogen and oxygen atoms in total. The highest BCUT2D eigenvalue weighted by atomic mass is 31.3. The van der Waals surface area contributed by atoms with E-state index in [1.807, 2.05) is 0 Å². The molecule has 6 N–H and O–H groups in total. The number of hydrogen-bond donors (Lipinski definition) is 6. The highest BCUT2D eigenvalue weighted by Gasteiger charge is 2.39. The van der Waals surface area contributed by atoms with Gasteiger partial charge in [0.1, 0.15) is 0 Å². The van der Waals surface area contributed by atoms with Crippen LogP contribution in [0, 0.1) is 0 Å². The molecule has 0 aliphatic carbocycles. The lowest BCUT2D eigenvalue weighted by Crippen LogP contribution is -2.19. The zero-order valence-corrected chi connectivity index (χ0v) is 11.3. The molecule has 0 bridgehead atoms. The maximum atomic E-state index is 11.0. The molecule has 1 aromatic rings. The number of nitrogens with zero attached hydrogens (tertiary/aromatic N) is 1. The first-order valence-corrected chi connectivity index (χ1v) is 8.05. The highest BCUT2D eigenvalue weighted by Crippen LogP contribution is 2.57. The van der Waals surface area contributed by atoms with Gasteiger partial charge in [-0.2, -0.15) is 0 Å². The van der Waals surface area contributed by atoms with Crippen LogP contribution in [0.4, 0.5) is 0 Å². The second-order valence-electron chi connectivity index (χ2n) is 3.70. The normalized spacial score (nSPS) is 12.9. The lowest BCUT2D eigenvalue weighted by Gasteiger charge is -2.23. The first kappa shape index (κ1) is 16.1. The molecule has 0 spiro atoms. The maximum absolute atomic E-state index is 11.0. The summed E-state index contributed by atoms with van der Waals surface area (Å²) in [6.07, 6.45) is -0.135. The number of hydrogen-bond acceptors (Lipinski definition) is 4. The highest BCUT2D eigenvalue weighted by molar-refractivity contribution is 7.65. The molecule has 0 atom stereocenters. The van der Waals surface area contributed by atoms with Crippen molar-refractivity contribution in [1.29, 1.82) is 0 Å². The molecule has 0 radical (unpaired) electrons. The van der Waals surface area contributed by atoms with E-state index < -0.39 is 27.8 Å². The van der Waals surface area contributed by atoms with Crippen LogP contribution in [0.2, 0.25) is 0 Å². The minimum Gasteiger partial charge on any atom is -0.504 e. The summed E-state index contributed by atoms with van der Waals surface area (Å²) in [6.45, 7) is -0.612. The van der Waals surface area contributed by atoms with Crippen LogP contribution in [-0.4, -0.2) is 40.8 Å². The Kier molecular flexibility index (Phi) is 4.76. The van der Waals surface area contributed by atoms with Crippen molar-refractivity contribution in [3.8, 4) is 11.5 Å². The van der Waals surface area contributed by atoms with E-state index >= 15 is 0 Å². The Morgan fingerprint density at radius 3 is 1.89 bits per heavy atom. The Labute approximate surface area is 108 Å². The van der Waals surface area contributed by atoms with Crippen molar-refractivity contribution < 1.29 is 38.9 Å². The van der Waals surface area contributed by atoms with Crippen molar-refractivity contribution >= 4 is 15.5 Å². The van der Waals surface area contributed by atoms with Crippen LogP contribution < -0.4 is 0 Å². The fourth-order valence-electron chi connectivity index (χ4n) is 1.37. The Morgan fingerprint density at radius 1 is 0.947 bits per heavy atom. The minimum atomic E-state index is -5.10. The third-order valence-electron chi connectivity index (χ3n) is 2.24. The fourth-order valence-corrected chi connectivity index (χ4v) is 3.30.